The first kappa shape index (κ1) is 9.12. The lowest BCUT2D eigenvalue weighted by Crippen LogP contribution is -2.43. The molecule has 1 aromatic carbocycles. The van der Waals surface area contributed by atoms with Gasteiger partial charge in [-0.3, -0.25) is 0 Å². The maximum absolute atomic E-state index is 5.68. The summed E-state index contributed by atoms with van der Waals surface area (Å²) in [5, 5.41) is 3.95. The third-order valence-corrected chi connectivity index (χ3v) is 3.71. The smallest absolute Gasteiger partial charge is 0.181 e. The zero-order valence-electron chi connectivity index (χ0n) is 8.36. The molecule has 3 N–H and O–H groups in total. The number of hydrogen-bond donors (Lipinski definition) is 2. The van der Waals surface area contributed by atoms with Crippen molar-refractivity contribution in [3.05, 3.63) is 23.8 Å². The van der Waals surface area contributed by atoms with E-state index in [0.29, 0.717) is 5.13 Å². The van der Waals surface area contributed by atoms with Crippen LogP contribution in [0.15, 0.2) is 18.2 Å². The lowest BCUT2D eigenvalue weighted by molar-refractivity contribution is 0.347. The van der Waals surface area contributed by atoms with E-state index < -0.39 is 0 Å². The first-order chi connectivity index (χ1) is 7.31. The Bertz CT molecular complexity index is 488. The van der Waals surface area contributed by atoms with E-state index in [1.54, 1.807) is 11.3 Å². The SMILES string of the molecule is Nc1nc2ccc(CC3CNC3)cc2s1. The molecule has 1 aliphatic rings. The number of hydrogen-bond acceptors (Lipinski definition) is 4. The minimum absolute atomic E-state index is 0.660. The number of anilines is 1. The average Bonchev–Trinajstić information content (AvgIpc) is 2.50. The average molecular weight is 219 g/mol. The summed E-state index contributed by atoms with van der Waals surface area (Å²) in [5.41, 5.74) is 8.10. The molecule has 78 valence electrons. The molecule has 0 spiro atoms. The normalized spacial score (nSPS) is 16.8. The molecule has 1 aliphatic heterocycles. The van der Waals surface area contributed by atoms with Gasteiger partial charge >= 0.3 is 0 Å². The van der Waals surface area contributed by atoms with Crippen LogP contribution in [0.25, 0.3) is 10.2 Å². The van der Waals surface area contributed by atoms with Crippen molar-refractivity contribution in [2.75, 3.05) is 18.8 Å². The Balaban J connectivity index is 1.90. The standard InChI is InChI=1S/C11H13N3S/c12-11-14-9-2-1-7(4-10(9)15-11)3-8-5-13-6-8/h1-2,4,8,13H,3,5-6H2,(H2,12,14). The van der Waals surface area contributed by atoms with Crippen molar-refractivity contribution in [1.29, 1.82) is 0 Å². The molecule has 4 heteroatoms. The van der Waals surface area contributed by atoms with Crippen LogP contribution < -0.4 is 11.1 Å². The van der Waals surface area contributed by atoms with E-state index in [-0.39, 0.29) is 0 Å². The Morgan fingerprint density at radius 1 is 1.47 bits per heavy atom. The third kappa shape index (κ3) is 1.70. The maximum Gasteiger partial charge on any atom is 0.181 e. The van der Waals surface area contributed by atoms with Gasteiger partial charge in [-0.05, 0) is 43.1 Å². The predicted molar refractivity (Wildman–Crippen MR) is 64.1 cm³/mol. The summed E-state index contributed by atoms with van der Waals surface area (Å²) in [6.07, 6.45) is 1.17. The molecule has 3 nitrogen and oxygen atoms in total. The van der Waals surface area contributed by atoms with Crippen LogP contribution in [0.5, 0.6) is 0 Å². The minimum Gasteiger partial charge on any atom is -0.375 e. The Kier molecular flexibility index (Phi) is 2.11. The largest absolute Gasteiger partial charge is 0.375 e. The van der Waals surface area contributed by atoms with E-state index in [9.17, 15) is 0 Å². The van der Waals surface area contributed by atoms with Crippen molar-refractivity contribution >= 4 is 26.7 Å². The molecule has 3 rings (SSSR count). The second kappa shape index (κ2) is 3.47. The van der Waals surface area contributed by atoms with Crippen molar-refractivity contribution in [1.82, 2.24) is 10.3 Å². The van der Waals surface area contributed by atoms with Crippen molar-refractivity contribution in [2.24, 2.45) is 5.92 Å². The van der Waals surface area contributed by atoms with Crippen LogP contribution >= 0.6 is 11.3 Å². The van der Waals surface area contributed by atoms with Gasteiger partial charge in [-0.15, -0.1) is 0 Å². The molecule has 1 fully saturated rings. The molecular formula is C11H13N3S. The summed E-state index contributed by atoms with van der Waals surface area (Å²) in [4.78, 5) is 4.25. The second-order valence-corrected chi connectivity index (χ2v) is 5.14. The number of nitrogens with zero attached hydrogens (tertiary/aromatic N) is 1. The molecule has 0 amide bonds. The highest BCUT2D eigenvalue weighted by atomic mass is 32.1. The molecule has 0 aliphatic carbocycles. The maximum atomic E-state index is 5.68. The van der Waals surface area contributed by atoms with Gasteiger partial charge in [0.15, 0.2) is 5.13 Å². The highest BCUT2D eigenvalue weighted by Crippen LogP contribution is 2.25. The van der Waals surface area contributed by atoms with Gasteiger partial charge in [-0.1, -0.05) is 17.4 Å². The highest BCUT2D eigenvalue weighted by molar-refractivity contribution is 7.22. The first-order valence-electron chi connectivity index (χ1n) is 5.17. The predicted octanol–water partition coefficient (Wildman–Crippen LogP) is 1.64. The number of benzene rings is 1. The van der Waals surface area contributed by atoms with E-state index in [1.165, 1.54) is 16.7 Å². The second-order valence-electron chi connectivity index (χ2n) is 4.08. The van der Waals surface area contributed by atoms with Crippen molar-refractivity contribution in [2.45, 2.75) is 6.42 Å². The number of nitrogens with two attached hydrogens (primary N) is 1. The Hall–Kier alpha value is -1.13. The fraction of sp³-hybridized carbons (Fsp3) is 0.364. The molecular weight excluding hydrogens is 206 g/mol. The van der Waals surface area contributed by atoms with Crippen LogP contribution in [0.1, 0.15) is 5.56 Å². The Morgan fingerprint density at radius 3 is 3.07 bits per heavy atom. The minimum atomic E-state index is 0.660. The lowest BCUT2D eigenvalue weighted by Gasteiger charge is -2.26. The molecule has 0 unspecified atom stereocenters. The summed E-state index contributed by atoms with van der Waals surface area (Å²) < 4.78 is 1.21. The molecule has 0 bridgehead atoms. The number of nitrogens with one attached hydrogen (secondary N) is 1. The van der Waals surface area contributed by atoms with Gasteiger partial charge in [0.25, 0.3) is 0 Å². The topological polar surface area (TPSA) is 50.9 Å². The molecule has 1 aromatic heterocycles. The molecule has 0 saturated carbocycles. The summed E-state index contributed by atoms with van der Waals surface area (Å²) in [6.45, 7) is 2.31. The zero-order chi connectivity index (χ0) is 10.3. The number of nitrogen functional groups attached to an aromatic ring is 1. The first-order valence-corrected chi connectivity index (χ1v) is 5.98. The number of rotatable bonds is 2. The van der Waals surface area contributed by atoms with Crippen LogP contribution in [0.2, 0.25) is 0 Å². The van der Waals surface area contributed by atoms with Crippen molar-refractivity contribution in [3.63, 3.8) is 0 Å². The van der Waals surface area contributed by atoms with Crippen LogP contribution in [-0.2, 0) is 6.42 Å². The monoisotopic (exact) mass is 219 g/mol. The van der Waals surface area contributed by atoms with E-state index in [2.05, 4.69) is 28.5 Å². The number of thiazole rings is 1. The fourth-order valence-corrected chi connectivity index (χ4v) is 2.74. The van der Waals surface area contributed by atoms with E-state index in [0.717, 1.165) is 24.5 Å². The van der Waals surface area contributed by atoms with Crippen LogP contribution in [0.3, 0.4) is 0 Å². The van der Waals surface area contributed by atoms with Gasteiger partial charge in [-0.25, -0.2) is 4.98 Å². The Morgan fingerprint density at radius 2 is 2.33 bits per heavy atom. The van der Waals surface area contributed by atoms with Gasteiger partial charge in [0, 0.05) is 0 Å². The quantitative estimate of drug-likeness (QED) is 0.807. The van der Waals surface area contributed by atoms with E-state index in [1.807, 2.05) is 0 Å². The number of aromatic nitrogens is 1. The van der Waals surface area contributed by atoms with Crippen LogP contribution in [-0.4, -0.2) is 18.1 Å². The summed E-state index contributed by atoms with van der Waals surface area (Å²) >= 11 is 1.57. The fourth-order valence-electron chi connectivity index (χ4n) is 1.94. The van der Waals surface area contributed by atoms with Gasteiger partial charge < -0.3 is 11.1 Å². The summed E-state index contributed by atoms with van der Waals surface area (Å²) in [6, 6.07) is 6.46. The van der Waals surface area contributed by atoms with Gasteiger partial charge in [0.2, 0.25) is 0 Å². The zero-order valence-corrected chi connectivity index (χ0v) is 9.18. The molecule has 0 radical (unpaired) electrons. The van der Waals surface area contributed by atoms with E-state index >= 15 is 0 Å². The Labute approximate surface area is 92.3 Å². The molecule has 15 heavy (non-hydrogen) atoms. The molecule has 1 saturated heterocycles. The molecule has 2 aromatic rings. The molecule has 2 heterocycles. The van der Waals surface area contributed by atoms with Crippen LogP contribution in [0, 0.1) is 5.92 Å². The number of fused-ring (bicyclic) bond motifs is 1. The van der Waals surface area contributed by atoms with Crippen molar-refractivity contribution < 1.29 is 0 Å². The summed E-state index contributed by atoms with van der Waals surface area (Å²) in [5.74, 6) is 0.813. The third-order valence-electron chi connectivity index (χ3n) is 2.86. The summed E-state index contributed by atoms with van der Waals surface area (Å²) in [7, 11) is 0. The van der Waals surface area contributed by atoms with Crippen molar-refractivity contribution in [3.8, 4) is 0 Å². The highest BCUT2D eigenvalue weighted by Gasteiger charge is 2.17. The van der Waals surface area contributed by atoms with Gasteiger partial charge in [-0.2, -0.15) is 0 Å². The molecule has 0 atom stereocenters. The lowest BCUT2D eigenvalue weighted by atomic mass is 9.94. The van der Waals surface area contributed by atoms with Crippen LogP contribution in [0.4, 0.5) is 5.13 Å². The van der Waals surface area contributed by atoms with Gasteiger partial charge in [0.1, 0.15) is 0 Å². The van der Waals surface area contributed by atoms with E-state index in [4.69, 9.17) is 5.73 Å². The van der Waals surface area contributed by atoms with Gasteiger partial charge in [0.05, 0.1) is 10.2 Å².